The Kier molecular flexibility index (Phi) is 6.74. The van der Waals surface area contributed by atoms with Crippen molar-refractivity contribution in [2.24, 2.45) is 0 Å². The van der Waals surface area contributed by atoms with E-state index in [4.69, 9.17) is 44.0 Å². The Morgan fingerprint density at radius 3 is 2.62 bits per heavy atom. The van der Waals surface area contributed by atoms with Gasteiger partial charge in [0.1, 0.15) is 18.1 Å². The fraction of sp³-hybridized carbons (Fsp3) is 0.130. The van der Waals surface area contributed by atoms with Crippen LogP contribution in [0.5, 0.6) is 5.75 Å². The van der Waals surface area contributed by atoms with Crippen LogP contribution < -0.4 is 10.1 Å². The quantitative estimate of drug-likeness (QED) is 0.316. The third-order valence-electron chi connectivity index (χ3n) is 4.66. The maximum Gasteiger partial charge on any atom is 0.292 e. The summed E-state index contributed by atoms with van der Waals surface area (Å²) in [5.41, 5.74) is 1.67. The number of benzene rings is 2. The second-order valence-electron chi connectivity index (χ2n) is 7.02. The maximum atomic E-state index is 12.5. The van der Waals surface area contributed by atoms with Gasteiger partial charge in [0.25, 0.3) is 5.91 Å². The molecule has 32 heavy (non-hydrogen) atoms. The molecule has 0 aliphatic rings. The highest BCUT2D eigenvalue weighted by molar-refractivity contribution is 6.36. The normalized spacial score (nSPS) is 10.9. The Morgan fingerprint density at radius 1 is 1.09 bits per heavy atom. The van der Waals surface area contributed by atoms with Crippen LogP contribution in [0.4, 0.5) is 5.82 Å². The van der Waals surface area contributed by atoms with Crippen LogP contribution in [0, 0.1) is 6.92 Å². The molecule has 0 spiro atoms. The second-order valence-corrected chi connectivity index (χ2v) is 8.27. The number of ether oxygens (including phenoxy) is 1. The van der Waals surface area contributed by atoms with Crippen LogP contribution in [0.1, 0.15) is 27.4 Å². The molecule has 2 heterocycles. The fourth-order valence-electron chi connectivity index (χ4n) is 3.04. The van der Waals surface area contributed by atoms with Gasteiger partial charge in [0.2, 0.25) is 0 Å². The summed E-state index contributed by atoms with van der Waals surface area (Å²) in [5.74, 6) is 1.33. The van der Waals surface area contributed by atoms with E-state index in [-0.39, 0.29) is 12.4 Å². The van der Waals surface area contributed by atoms with Crippen molar-refractivity contribution < 1.29 is 13.9 Å². The first kappa shape index (κ1) is 22.3. The molecule has 0 unspecified atom stereocenters. The summed E-state index contributed by atoms with van der Waals surface area (Å²) in [6.07, 6.45) is 1.73. The summed E-state index contributed by atoms with van der Waals surface area (Å²) in [5, 5.41) is 8.80. The first-order valence-electron chi connectivity index (χ1n) is 9.64. The molecule has 164 valence electrons. The van der Waals surface area contributed by atoms with Crippen molar-refractivity contribution in [1.82, 2.24) is 9.78 Å². The number of amides is 1. The predicted octanol–water partition coefficient (Wildman–Crippen LogP) is 6.62. The van der Waals surface area contributed by atoms with Crippen molar-refractivity contribution in [2.75, 3.05) is 5.32 Å². The maximum absolute atomic E-state index is 12.5. The standard InChI is InChI=1S/C23H18Cl3N3O3/c1-14-11-15(24)5-7-20(14)31-13-16-6-8-21(32-16)23(30)27-22-9-10-29(28-22)12-17-18(25)3-2-4-19(17)26/h2-11H,12-13H2,1H3,(H,27,28,30). The van der Waals surface area contributed by atoms with Crippen LogP contribution in [-0.4, -0.2) is 15.7 Å². The minimum Gasteiger partial charge on any atom is -0.485 e. The molecular formula is C23H18Cl3N3O3. The smallest absolute Gasteiger partial charge is 0.292 e. The van der Waals surface area contributed by atoms with Crippen LogP contribution in [-0.2, 0) is 13.2 Å². The molecule has 6 nitrogen and oxygen atoms in total. The van der Waals surface area contributed by atoms with Crippen molar-refractivity contribution >= 4 is 46.5 Å². The van der Waals surface area contributed by atoms with Gasteiger partial charge in [-0.3, -0.25) is 9.48 Å². The van der Waals surface area contributed by atoms with Gasteiger partial charge in [-0.15, -0.1) is 0 Å². The monoisotopic (exact) mass is 489 g/mol. The van der Waals surface area contributed by atoms with Crippen molar-refractivity contribution in [3.05, 3.63) is 98.5 Å². The van der Waals surface area contributed by atoms with Crippen molar-refractivity contribution in [3.8, 4) is 5.75 Å². The van der Waals surface area contributed by atoms with Gasteiger partial charge >= 0.3 is 0 Å². The Balaban J connectivity index is 1.36. The zero-order valence-electron chi connectivity index (χ0n) is 16.9. The first-order valence-corrected chi connectivity index (χ1v) is 10.8. The predicted molar refractivity (Wildman–Crippen MR) is 125 cm³/mol. The van der Waals surface area contributed by atoms with Crippen LogP contribution in [0.25, 0.3) is 0 Å². The minimum atomic E-state index is -0.417. The Labute approximate surface area is 199 Å². The largest absolute Gasteiger partial charge is 0.485 e. The zero-order valence-corrected chi connectivity index (χ0v) is 19.2. The molecule has 4 rings (SSSR count). The number of anilines is 1. The van der Waals surface area contributed by atoms with E-state index in [2.05, 4.69) is 10.4 Å². The molecule has 0 saturated carbocycles. The number of hydrogen-bond donors (Lipinski definition) is 1. The molecule has 2 aromatic heterocycles. The van der Waals surface area contributed by atoms with Gasteiger partial charge in [-0.05, 0) is 55.0 Å². The third kappa shape index (κ3) is 5.27. The van der Waals surface area contributed by atoms with E-state index in [1.165, 1.54) is 0 Å². The van der Waals surface area contributed by atoms with E-state index in [9.17, 15) is 4.79 Å². The van der Waals surface area contributed by atoms with Crippen LogP contribution in [0.15, 0.2) is 65.2 Å². The Morgan fingerprint density at radius 2 is 1.88 bits per heavy atom. The van der Waals surface area contributed by atoms with Gasteiger partial charge in [-0.2, -0.15) is 5.10 Å². The van der Waals surface area contributed by atoms with E-state index in [0.29, 0.717) is 38.9 Å². The zero-order chi connectivity index (χ0) is 22.7. The molecule has 0 aliphatic carbocycles. The van der Waals surface area contributed by atoms with Crippen LogP contribution in [0.2, 0.25) is 15.1 Å². The summed E-state index contributed by atoms with van der Waals surface area (Å²) in [7, 11) is 0. The topological polar surface area (TPSA) is 69.3 Å². The SMILES string of the molecule is Cc1cc(Cl)ccc1OCc1ccc(C(=O)Nc2ccn(Cc3c(Cl)cccc3Cl)n2)o1. The molecule has 9 heteroatoms. The molecule has 4 aromatic rings. The van der Waals surface area contributed by atoms with E-state index >= 15 is 0 Å². The number of halogens is 3. The lowest BCUT2D eigenvalue weighted by atomic mass is 10.2. The van der Waals surface area contributed by atoms with Crippen LogP contribution >= 0.6 is 34.8 Å². The molecule has 1 N–H and O–H groups in total. The summed E-state index contributed by atoms with van der Waals surface area (Å²) in [4.78, 5) is 12.5. The lowest BCUT2D eigenvalue weighted by molar-refractivity contribution is 0.0992. The molecule has 0 saturated heterocycles. The average molecular weight is 491 g/mol. The van der Waals surface area contributed by atoms with Gasteiger partial charge in [0, 0.05) is 32.9 Å². The van der Waals surface area contributed by atoms with Crippen molar-refractivity contribution in [3.63, 3.8) is 0 Å². The van der Waals surface area contributed by atoms with Crippen LogP contribution in [0.3, 0.4) is 0 Å². The number of hydrogen-bond acceptors (Lipinski definition) is 4. The first-order chi connectivity index (χ1) is 15.4. The molecule has 0 aliphatic heterocycles. The van der Waals surface area contributed by atoms with E-state index < -0.39 is 5.91 Å². The van der Waals surface area contributed by atoms with Gasteiger partial charge in [-0.25, -0.2) is 0 Å². The highest BCUT2D eigenvalue weighted by Gasteiger charge is 2.14. The lowest BCUT2D eigenvalue weighted by Crippen LogP contribution is -2.12. The molecular weight excluding hydrogens is 473 g/mol. The lowest BCUT2D eigenvalue weighted by Gasteiger charge is -2.07. The number of nitrogens with zero attached hydrogens (tertiary/aromatic N) is 2. The number of aryl methyl sites for hydroxylation is 1. The highest BCUT2D eigenvalue weighted by Crippen LogP contribution is 2.25. The van der Waals surface area contributed by atoms with Gasteiger partial charge < -0.3 is 14.5 Å². The molecule has 0 bridgehead atoms. The second kappa shape index (κ2) is 9.69. The summed E-state index contributed by atoms with van der Waals surface area (Å²) < 4.78 is 13.0. The van der Waals surface area contributed by atoms with E-state index in [1.54, 1.807) is 59.4 Å². The molecule has 2 aromatic carbocycles. The summed E-state index contributed by atoms with van der Waals surface area (Å²) in [6, 6.07) is 15.6. The summed E-state index contributed by atoms with van der Waals surface area (Å²) >= 11 is 18.4. The number of carbonyl (C=O) groups excluding carboxylic acids is 1. The number of aromatic nitrogens is 2. The third-order valence-corrected chi connectivity index (χ3v) is 5.60. The molecule has 0 fully saturated rings. The Bertz CT molecular complexity index is 1250. The van der Waals surface area contributed by atoms with Gasteiger partial charge in [0.15, 0.2) is 11.6 Å². The highest BCUT2D eigenvalue weighted by atomic mass is 35.5. The van der Waals surface area contributed by atoms with Crippen molar-refractivity contribution in [2.45, 2.75) is 20.1 Å². The van der Waals surface area contributed by atoms with Gasteiger partial charge in [0.05, 0.1) is 6.54 Å². The number of carbonyl (C=O) groups is 1. The van der Waals surface area contributed by atoms with Crippen molar-refractivity contribution in [1.29, 1.82) is 0 Å². The van der Waals surface area contributed by atoms with E-state index in [1.807, 2.05) is 13.0 Å². The average Bonchev–Trinajstić information content (AvgIpc) is 3.40. The molecule has 1 amide bonds. The number of furan rings is 1. The minimum absolute atomic E-state index is 0.153. The number of nitrogens with one attached hydrogen (secondary N) is 1. The molecule has 0 radical (unpaired) electrons. The molecule has 0 atom stereocenters. The summed E-state index contributed by atoms with van der Waals surface area (Å²) in [6.45, 7) is 2.46. The van der Waals surface area contributed by atoms with Gasteiger partial charge in [-0.1, -0.05) is 40.9 Å². The van der Waals surface area contributed by atoms with E-state index in [0.717, 1.165) is 11.1 Å². The number of rotatable bonds is 7. The Hall–Kier alpha value is -2.93. The fourth-order valence-corrected chi connectivity index (χ4v) is 3.78.